The van der Waals surface area contributed by atoms with Crippen molar-refractivity contribution in [3.8, 4) is 0 Å². The fourth-order valence-electron chi connectivity index (χ4n) is 8.46. The lowest BCUT2D eigenvalue weighted by atomic mass is 9.64. The number of allylic oxidation sites excluding steroid dienone is 2. The second-order valence-corrected chi connectivity index (χ2v) is 15.2. The van der Waals surface area contributed by atoms with Crippen LogP contribution in [0.4, 0.5) is 17.1 Å². The minimum absolute atomic E-state index is 0.0853. The lowest BCUT2D eigenvalue weighted by molar-refractivity contribution is 0.587. The molecule has 1 aromatic heterocycles. The molecule has 7 aromatic rings. The summed E-state index contributed by atoms with van der Waals surface area (Å²) < 4.78 is 2.41. The van der Waals surface area contributed by atoms with Crippen molar-refractivity contribution in [2.45, 2.75) is 31.6 Å². The van der Waals surface area contributed by atoms with Crippen LogP contribution in [0.3, 0.4) is 0 Å². The van der Waals surface area contributed by atoms with Gasteiger partial charge in [-0.1, -0.05) is 142 Å². The van der Waals surface area contributed by atoms with E-state index < -0.39 is 5.41 Å². The van der Waals surface area contributed by atoms with E-state index in [4.69, 9.17) is 0 Å². The predicted octanol–water partition coefficient (Wildman–Crippen LogP) is 11.0. The van der Waals surface area contributed by atoms with Crippen LogP contribution in [0, 0.1) is 0 Å². The third-order valence-corrected chi connectivity index (χ3v) is 11.0. The highest BCUT2D eigenvalue weighted by atomic mass is 15.4. The minimum atomic E-state index is -0.632. The summed E-state index contributed by atoms with van der Waals surface area (Å²) >= 11 is 0. The van der Waals surface area contributed by atoms with Gasteiger partial charge in [-0.05, 0) is 75.7 Å². The van der Waals surface area contributed by atoms with Crippen LogP contribution in [-0.4, -0.2) is 24.8 Å². The van der Waals surface area contributed by atoms with Gasteiger partial charge in [0.15, 0.2) is 0 Å². The van der Waals surface area contributed by atoms with Crippen LogP contribution in [0.25, 0.3) is 27.6 Å². The predicted molar refractivity (Wildman–Crippen MR) is 220 cm³/mol. The molecule has 4 heteroatoms. The van der Waals surface area contributed by atoms with Crippen LogP contribution >= 0.6 is 0 Å². The third-order valence-electron chi connectivity index (χ3n) is 11.0. The summed E-state index contributed by atoms with van der Waals surface area (Å²) in [5, 5.41) is 6.15. The van der Waals surface area contributed by atoms with E-state index in [1.165, 1.54) is 66.7 Å². The smallest absolute Gasteiger partial charge is 0.111 e. The molecule has 0 amide bonds. The first kappa shape index (κ1) is 31.9. The molecule has 0 spiro atoms. The molecular weight excluding hydrogens is 633 g/mol. The van der Waals surface area contributed by atoms with Gasteiger partial charge < -0.3 is 15.1 Å². The second kappa shape index (κ2) is 12.3. The Morgan fingerprint density at radius 3 is 1.88 bits per heavy atom. The van der Waals surface area contributed by atoms with Gasteiger partial charge in [-0.2, -0.15) is 0 Å². The van der Waals surface area contributed by atoms with Crippen LogP contribution in [-0.2, 0) is 10.8 Å². The van der Waals surface area contributed by atoms with Crippen molar-refractivity contribution in [3.05, 3.63) is 192 Å². The molecule has 0 bridgehead atoms. The number of benzene rings is 6. The first-order chi connectivity index (χ1) is 25.3. The molecule has 2 aliphatic rings. The van der Waals surface area contributed by atoms with Gasteiger partial charge in [0.1, 0.15) is 5.82 Å². The summed E-state index contributed by atoms with van der Waals surface area (Å²) in [4.78, 5) is 4.82. The topological polar surface area (TPSA) is 23.4 Å². The number of fused-ring (bicyclic) bond motifs is 4. The van der Waals surface area contributed by atoms with E-state index in [1.54, 1.807) is 0 Å². The van der Waals surface area contributed by atoms with Gasteiger partial charge in [0.25, 0.3) is 0 Å². The van der Waals surface area contributed by atoms with Crippen molar-refractivity contribution in [1.82, 2.24) is 9.88 Å². The maximum atomic E-state index is 3.66. The number of para-hydroxylation sites is 3. The summed E-state index contributed by atoms with van der Waals surface area (Å²) in [7, 11) is 2.19. The second-order valence-electron chi connectivity index (χ2n) is 15.2. The van der Waals surface area contributed by atoms with E-state index >= 15 is 0 Å². The Kier molecular flexibility index (Phi) is 7.58. The van der Waals surface area contributed by atoms with E-state index in [1.807, 2.05) is 0 Å². The number of anilines is 3. The summed E-state index contributed by atoms with van der Waals surface area (Å²) in [6.07, 6.45) is 6.50. The molecule has 52 heavy (non-hydrogen) atoms. The Hall–Kier alpha value is -6.00. The largest absolute Gasteiger partial charge is 0.368 e. The lowest BCUT2D eigenvalue weighted by Crippen LogP contribution is -2.32. The number of nitrogens with one attached hydrogen (secondary N) is 1. The number of rotatable bonds is 6. The Morgan fingerprint density at radius 2 is 1.19 bits per heavy atom. The van der Waals surface area contributed by atoms with Crippen molar-refractivity contribution in [2.75, 3.05) is 30.1 Å². The number of dihydropyridines is 1. The zero-order chi connectivity index (χ0) is 35.5. The molecule has 0 saturated heterocycles. The van der Waals surface area contributed by atoms with Gasteiger partial charge in [-0.3, -0.25) is 4.57 Å². The first-order valence-corrected chi connectivity index (χ1v) is 18.3. The molecule has 0 atom stereocenters. The highest BCUT2D eigenvalue weighted by Gasteiger charge is 2.40. The van der Waals surface area contributed by atoms with E-state index in [0.29, 0.717) is 0 Å². The van der Waals surface area contributed by atoms with E-state index in [0.717, 1.165) is 19.0 Å². The quantitative estimate of drug-likeness (QED) is 0.177. The molecule has 0 unspecified atom stereocenters. The molecule has 4 nitrogen and oxygen atoms in total. The molecule has 6 aromatic carbocycles. The fraction of sp³-hybridized carbons (Fsp3) is 0.167. The summed E-state index contributed by atoms with van der Waals surface area (Å²) in [5.41, 5.74) is 11.6. The molecule has 0 fully saturated rings. The molecule has 3 heterocycles. The Bertz CT molecular complexity index is 2460. The standard InChI is InChI=1S/C48H44N4/c1-47(2,3)37-29-38(31-39(30-37)51-33-50(4)43-23-13-14-24-44(43)51)48(34-17-7-5-8-18-34,35-19-9-6-10-20-35)36-26-27-41-40-21-11-12-22-42(40)52(45(41)32-36)46-25-15-16-28-49-46/h5-27,29-32,49H,28,33H2,1-4H3. The normalized spacial score (nSPS) is 14.5. The molecule has 1 N–H and O–H groups in total. The highest BCUT2D eigenvalue weighted by molar-refractivity contribution is 6.10. The molecular formula is C48H44N4. The van der Waals surface area contributed by atoms with Gasteiger partial charge in [0, 0.05) is 30.1 Å². The van der Waals surface area contributed by atoms with Crippen molar-refractivity contribution >= 4 is 44.7 Å². The van der Waals surface area contributed by atoms with Gasteiger partial charge in [-0.15, -0.1) is 0 Å². The Morgan fingerprint density at radius 1 is 0.558 bits per heavy atom. The van der Waals surface area contributed by atoms with Gasteiger partial charge in [0.2, 0.25) is 0 Å². The molecule has 256 valence electrons. The van der Waals surface area contributed by atoms with Crippen LogP contribution < -0.4 is 15.1 Å². The van der Waals surface area contributed by atoms with E-state index in [2.05, 4.69) is 211 Å². The number of hydrogen-bond donors (Lipinski definition) is 1. The molecule has 2 aliphatic heterocycles. The Balaban J connectivity index is 1.40. The SMILES string of the molecule is CN1CN(c2cc(C(C)(C)C)cc(C(c3ccccc3)(c3ccccc3)c3ccc4c5ccccc5n(C5=CC=CCN5)c4c3)c2)c2ccccc21. The number of aromatic nitrogens is 1. The zero-order valence-corrected chi connectivity index (χ0v) is 30.3. The van der Waals surface area contributed by atoms with Gasteiger partial charge >= 0.3 is 0 Å². The van der Waals surface area contributed by atoms with Crippen LogP contribution in [0.5, 0.6) is 0 Å². The average molecular weight is 677 g/mol. The number of hydrogen-bond acceptors (Lipinski definition) is 3. The molecule has 9 rings (SSSR count). The lowest BCUT2D eigenvalue weighted by Gasteiger charge is -2.38. The molecule has 0 saturated carbocycles. The summed E-state index contributed by atoms with van der Waals surface area (Å²) in [6, 6.07) is 54.3. The van der Waals surface area contributed by atoms with Crippen molar-refractivity contribution in [3.63, 3.8) is 0 Å². The first-order valence-electron chi connectivity index (χ1n) is 18.3. The minimum Gasteiger partial charge on any atom is -0.368 e. The van der Waals surface area contributed by atoms with E-state index in [9.17, 15) is 0 Å². The van der Waals surface area contributed by atoms with Crippen LogP contribution in [0.1, 0.15) is 48.6 Å². The monoisotopic (exact) mass is 676 g/mol. The average Bonchev–Trinajstić information content (AvgIpc) is 3.70. The molecule has 0 aliphatic carbocycles. The summed E-state index contributed by atoms with van der Waals surface area (Å²) in [6.45, 7) is 8.58. The van der Waals surface area contributed by atoms with Gasteiger partial charge in [-0.25, -0.2) is 0 Å². The highest BCUT2D eigenvalue weighted by Crippen LogP contribution is 2.50. The summed E-state index contributed by atoms with van der Waals surface area (Å²) in [5.74, 6) is 1.09. The van der Waals surface area contributed by atoms with Crippen LogP contribution in [0.15, 0.2) is 164 Å². The van der Waals surface area contributed by atoms with Crippen LogP contribution in [0.2, 0.25) is 0 Å². The maximum Gasteiger partial charge on any atom is 0.111 e. The maximum absolute atomic E-state index is 3.66. The zero-order valence-electron chi connectivity index (χ0n) is 30.3. The number of nitrogens with zero attached hydrogens (tertiary/aromatic N) is 3. The fourth-order valence-corrected chi connectivity index (χ4v) is 8.46. The van der Waals surface area contributed by atoms with Crippen molar-refractivity contribution in [1.29, 1.82) is 0 Å². The molecule has 0 radical (unpaired) electrons. The van der Waals surface area contributed by atoms with Gasteiger partial charge in [0.05, 0.1) is 34.5 Å². The van der Waals surface area contributed by atoms with Crippen molar-refractivity contribution in [2.24, 2.45) is 0 Å². The Labute approximate surface area is 307 Å². The van der Waals surface area contributed by atoms with E-state index in [-0.39, 0.29) is 5.41 Å². The third kappa shape index (κ3) is 5.04. The van der Waals surface area contributed by atoms with Crippen molar-refractivity contribution < 1.29 is 0 Å².